The van der Waals surface area contributed by atoms with Crippen molar-refractivity contribution in [1.82, 2.24) is 0 Å². The molecule has 0 aliphatic carbocycles. The topological polar surface area (TPSA) is 35.5 Å². The summed E-state index contributed by atoms with van der Waals surface area (Å²) in [5.74, 6) is 0.270. The molecular formula is C20H26O3. The maximum atomic E-state index is 12.1. The van der Waals surface area contributed by atoms with Gasteiger partial charge in [0.25, 0.3) is 0 Å². The Balaban J connectivity index is 2.33. The molecule has 3 heteroatoms. The Hall–Kier alpha value is -2.03. The number of carbonyl (C=O) groups excluding carboxylic acids is 1. The molecule has 0 aliphatic heterocycles. The summed E-state index contributed by atoms with van der Waals surface area (Å²) in [6.45, 7) is 9.28. The Kier molecular flexibility index (Phi) is 5.30. The Morgan fingerprint density at radius 1 is 1.13 bits per heavy atom. The first kappa shape index (κ1) is 17.3. The number of hydrogen-bond donors (Lipinski definition) is 0. The van der Waals surface area contributed by atoms with E-state index in [0.717, 1.165) is 29.2 Å². The Bertz CT molecular complexity index is 696. The molecule has 23 heavy (non-hydrogen) atoms. The van der Waals surface area contributed by atoms with Crippen molar-refractivity contribution in [3.05, 3.63) is 41.5 Å². The van der Waals surface area contributed by atoms with Crippen LogP contribution in [-0.2, 0) is 4.74 Å². The lowest BCUT2D eigenvalue weighted by molar-refractivity contribution is 0.0596. The van der Waals surface area contributed by atoms with Crippen LogP contribution >= 0.6 is 0 Å². The fourth-order valence-corrected chi connectivity index (χ4v) is 2.61. The predicted molar refractivity (Wildman–Crippen MR) is 94.2 cm³/mol. The van der Waals surface area contributed by atoms with Crippen molar-refractivity contribution in [2.24, 2.45) is 5.41 Å². The average molecular weight is 314 g/mol. The quantitative estimate of drug-likeness (QED) is 0.566. The van der Waals surface area contributed by atoms with Gasteiger partial charge in [-0.25, -0.2) is 4.79 Å². The summed E-state index contributed by atoms with van der Waals surface area (Å²) in [4.78, 5) is 12.1. The third-order valence-corrected chi connectivity index (χ3v) is 3.85. The van der Waals surface area contributed by atoms with Gasteiger partial charge >= 0.3 is 5.97 Å². The third-order valence-electron chi connectivity index (χ3n) is 3.85. The lowest BCUT2D eigenvalue weighted by Gasteiger charge is -2.19. The van der Waals surface area contributed by atoms with Crippen LogP contribution in [0.15, 0.2) is 30.3 Å². The lowest BCUT2D eigenvalue weighted by Crippen LogP contribution is -2.10. The number of fused-ring (bicyclic) bond motifs is 1. The molecule has 0 bridgehead atoms. The molecule has 0 spiro atoms. The highest BCUT2D eigenvalue weighted by molar-refractivity contribution is 6.01. The molecule has 0 saturated carbocycles. The highest BCUT2D eigenvalue weighted by atomic mass is 16.5. The van der Waals surface area contributed by atoms with Crippen molar-refractivity contribution in [2.75, 3.05) is 13.7 Å². The summed E-state index contributed by atoms with van der Waals surface area (Å²) < 4.78 is 10.9. The van der Waals surface area contributed by atoms with Gasteiger partial charge in [0.05, 0.1) is 13.7 Å². The number of benzene rings is 2. The van der Waals surface area contributed by atoms with Crippen LogP contribution in [-0.4, -0.2) is 19.7 Å². The maximum absolute atomic E-state index is 12.1. The summed E-state index contributed by atoms with van der Waals surface area (Å²) in [7, 11) is 1.39. The predicted octanol–water partition coefficient (Wildman–Crippen LogP) is 5.14. The lowest BCUT2D eigenvalue weighted by atomic mass is 9.91. The van der Waals surface area contributed by atoms with E-state index in [1.54, 1.807) is 6.07 Å². The zero-order valence-corrected chi connectivity index (χ0v) is 14.7. The minimum atomic E-state index is -0.362. The molecule has 0 N–H and O–H groups in total. The highest BCUT2D eigenvalue weighted by Gasteiger charge is 2.17. The average Bonchev–Trinajstić information content (AvgIpc) is 2.49. The number of esters is 1. The maximum Gasteiger partial charge on any atom is 0.341 e. The molecule has 0 amide bonds. The standard InChI is InChI=1S/C20H26O3/c1-14-7-8-15-9-10-16(19(21)22-5)18(17(15)13-14)23-12-6-11-20(2,3)4/h7-10,13H,6,11-12H2,1-5H3. The van der Waals surface area contributed by atoms with Crippen molar-refractivity contribution in [3.8, 4) is 5.75 Å². The van der Waals surface area contributed by atoms with Gasteiger partial charge in [-0.3, -0.25) is 0 Å². The van der Waals surface area contributed by atoms with E-state index in [-0.39, 0.29) is 11.4 Å². The third kappa shape index (κ3) is 4.47. The van der Waals surface area contributed by atoms with Crippen molar-refractivity contribution >= 4 is 16.7 Å². The Labute approximate surface area is 138 Å². The summed E-state index contributed by atoms with van der Waals surface area (Å²) in [5.41, 5.74) is 1.91. The van der Waals surface area contributed by atoms with Crippen LogP contribution in [0.25, 0.3) is 10.8 Å². The first-order chi connectivity index (χ1) is 10.8. The fraction of sp³-hybridized carbons (Fsp3) is 0.450. The summed E-state index contributed by atoms with van der Waals surface area (Å²) in [5, 5.41) is 2.03. The van der Waals surface area contributed by atoms with Crippen LogP contribution in [0, 0.1) is 12.3 Å². The molecular weight excluding hydrogens is 288 g/mol. The van der Waals surface area contributed by atoms with Gasteiger partial charge in [-0.05, 0) is 42.7 Å². The van der Waals surface area contributed by atoms with E-state index in [4.69, 9.17) is 9.47 Å². The van der Waals surface area contributed by atoms with Gasteiger partial charge in [-0.15, -0.1) is 0 Å². The van der Waals surface area contributed by atoms with Crippen molar-refractivity contribution in [1.29, 1.82) is 0 Å². The van der Waals surface area contributed by atoms with Gasteiger partial charge in [0.1, 0.15) is 11.3 Å². The molecule has 0 aromatic heterocycles. The second kappa shape index (κ2) is 7.03. The van der Waals surface area contributed by atoms with Gasteiger partial charge in [0.2, 0.25) is 0 Å². The molecule has 0 aliphatic rings. The zero-order chi connectivity index (χ0) is 17.0. The van der Waals surface area contributed by atoms with E-state index in [1.165, 1.54) is 7.11 Å². The molecule has 2 aromatic rings. The molecule has 0 saturated heterocycles. The van der Waals surface area contributed by atoms with Crippen LogP contribution < -0.4 is 4.74 Å². The number of hydrogen-bond acceptors (Lipinski definition) is 3. The van der Waals surface area contributed by atoms with Crippen molar-refractivity contribution in [3.63, 3.8) is 0 Å². The monoisotopic (exact) mass is 314 g/mol. The minimum absolute atomic E-state index is 0.282. The highest BCUT2D eigenvalue weighted by Crippen LogP contribution is 2.32. The van der Waals surface area contributed by atoms with Gasteiger partial charge < -0.3 is 9.47 Å². The summed E-state index contributed by atoms with van der Waals surface area (Å²) >= 11 is 0. The van der Waals surface area contributed by atoms with E-state index in [9.17, 15) is 4.79 Å². The molecule has 124 valence electrons. The Morgan fingerprint density at radius 3 is 2.48 bits per heavy atom. The van der Waals surface area contributed by atoms with E-state index in [1.807, 2.05) is 19.1 Å². The molecule has 0 heterocycles. The van der Waals surface area contributed by atoms with Gasteiger partial charge in [-0.1, -0.05) is 44.5 Å². The number of ether oxygens (including phenoxy) is 2. The molecule has 2 rings (SSSR count). The van der Waals surface area contributed by atoms with Crippen LogP contribution in [0.2, 0.25) is 0 Å². The van der Waals surface area contributed by atoms with E-state index in [0.29, 0.717) is 17.9 Å². The van der Waals surface area contributed by atoms with Crippen LogP contribution in [0.5, 0.6) is 5.75 Å². The van der Waals surface area contributed by atoms with Crippen LogP contribution in [0.4, 0.5) is 0 Å². The number of aryl methyl sites for hydroxylation is 1. The number of carbonyl (C=O) groups is 1. The second-order valence-corrected chi connectivity index (χ2v) is 7.17. The molecule has 0 atom stereocenters. The smallest absolute Gasteiger partial charge is 0.341 e. The molecule has 3 nitrogen and oxygen atoms in total. The Morgan fingerprint density at radius 2 is 1.83 bits per heavy atom. The van der Waals surface area contributed by atoms with E-state index < -0.39 is 0 Å². The summed E-state index contributed by atoms with van der Waals surface area (Å²) in [6.07, 6.45) is 2.02. The van der Waals surface area contributed by atoms with E-state index >= 15 is 0 Å². The molecule has 0 radical (unpaired) electrons. The number of methoxy groups -OCH3 is 1. The fourth-order valence-electron chi connectivity index (χ4n) is 2.61. The molecule has 0 unspecified atom stereocenters. The SMILES string of the molecule is COC(=O)c1ccc2ccc(C)cc2c1OCCCC(C)(C)C. The largest absolute Gasteiger partial charge is 0.492 e. The number of rotatable bonds is 5. The van der Waals surface area contributed by atoms with Crippen LogP contribution in [0.1, 0.15) is 49.5 Å². The van der Waals surface area contributed by atoms with Gasteiger partial charge in [0, 0.05) is 5.39 Å². The van der Waals surface area contributed by atoms with Gasteiger partial charge in [0.15, 0.2) is 0 Å². The molecule has 0 fully saturated rings. The van der Waals surface area contributed by atoms with Crippen molar-refractivity contribution < 1.29 is 14.3 Å². The zero-order valence-electron chi connectivity index (χ0n) is 14.7. The van der Waals surface area contributed by atoms with Crippen molar-refractivity contribution in [2.45, 2.75) is 40.5 Å². The normalized spacial score (nSPS) is 11.5. The second-order valence-electron chi connectivity index (χ2n) is 7.17. The summed E-state index contributed by atoms with van der Waals surface area (Å²) in [6, 6.07) is 9.88. The first-order valence-corrected chi connectivity index (χ1v) is 8.06. The van der Waals surface area contributed by atoms with Gasteiger partial charge in [-0.2, -0.15) is 0 Å². The molecule has 2 aromatic carbocycles. The minimum Gasteiger partial charge on any atom is -0.492 e. The van der Waals surface area contributed by atoms with Crippen LogP contribution in [0.3, 0.4) is 0 Å². The van der Waals surface area contributed by atoms with E-state index in [2.05, 4.69) is 32.9 Å². The first-order valence-electron chi connectivity index (χ1n) is 8.06.